The van der Waals surface area contributed by atoms with E-state index in [4.69, 9.17) is 14.6 Å². The number of esters is 1. The van der Waals surface area contributed by atoms with Crippen molar-refractivity contribution in [3.8, 4) is 11.5 Å². The van der Waals surface area contributed by atoms with Crippen LogP contribution in [0.4, 0.5) is 0 Å². The molecular formula is C15H20O5. The molecule has 0 unspecified atom stereocenters. The van der Waals surface area contributed by atoms with E-state index in [0.29, 0.717) is 12.2 Å². The van der Waals surface area contributed by atoms with Gasteiger partial charge in [0, 0.05) is 11.1 Å². The van der Waals surface area contributed by atoms with Crippen LogP contribution in [0.5, 0.6) is 11.5 Å². The lowest BCUT2D eigenvalue weighted by Gasteiger charge is -2.15. The van der Waals surface area contributed by atoms with Crippen LogP contribution in [0.1, 0.15) is 37.8 Å². The lowest BCUT2D eigenvalue weighted by Crippen LogP contribution is -2.12. The average molecular weight is 280 g/mol. The number of rotatable bonds is 7. The maximum atomic E-state index is 11.6. The summed E-state index contributed by atoms with van der Waals surface area (Å²) < 4.78 is 10.6. The van der Waals surface area contributed by atoms with Gasteiger partial charge < -0.3 is 14.6 Å². The van der Waals surface area contributed by atoms with E-state index < -0.39 is 11.9 Å². The van der Waals surface area contributed by atoms with Crippen LogP contribution in [-0.4, -0.2) is 24.2 Å². The van der Waals surface area contributed by atoms with Crippen LogP contribution in [0, 0.1) is 0 Å². The molecule has 0 aliphatic carbocycles. The maximum Gasteiger partial charge on any atom is 0.311 e. The molecule has 20 heavy (non-hydrogen) atoms. The zero-order valence-electron chi connectivity index (χ0n) is 12.1. The van der Waals surface area contributed by atoms with Crippen molar-refractivity contribution in [2.24, 2.45) is 0 Å². The smallest absolute Gasteiger partial charge is 0.311 e. The van der Waals surface area contributed by atoms with Gasteiger partial charge in [0.15, 0.2) is 0 Å². The monoisotopic (exact) mass is 280 g/mol. The van der Waals surface area contributed by atoms with E-state index in [0.717, 1.165) is 23.3 Å². The number of aliphatic carboxylic acids is 1. The second-order valence-corrected chi connectivity index (χ2v) is 4.30. The number of carboxylic acid groups (broad SMARTS) is 1. The Bertz CT molecular complexity index is 493. The number of ether oxygens (including phenoxy) is 2. The Kier molecular flexibility index (Phi) is 6.03. The van der Waals surface area contributed by atoms with E-state index in [2.05, 4.69) is 0 Å². The number of carbonyl (C=O) groups is 2. The maximum absolute atomic E-state index is 11.6. The summed E-state index contributed by atoms with van der Waals surface area (Å²) in [5.41, 5.74) is 1.94. The Hall–Kier alpha value is -2.04. The number of hydrogen-bond acceptors (Lipinski definition) is 4. The van der Waals surface area contributed by atoms with Gasteiger partial charge in [-0.15, -0.1) is 0 Å². The third-order valence-corrected chi connectivity index (χ3v) is 3.04. The number of benzene rings is 1. The van der Waals surface area contributed by atoms with Crippen molar-refractivity contribution < 1.29 is 24.2 Å². The second kappa shape index (κ2) is 7.53. The van der Waals surface area contributed by atoms with Crippen LogP contribution in [-0.2, 0) is 22.4 Å². The molecule has 1 rings (SSSR count). The van der Waals surface area contributed by atoms with Crippen LogP contribution in [0.25, 0.3) is 0 Å². The quantitative estimate of drug-likeness (QED) is 0.614. The van der Waals surface area contributed by atoms with Gasteiger partial charge in [-0.1, -0.05) is 13.8 Å². The Morgan fingerprint density at radius 3 is 2.10 bits per heavy atom. The fraction of sp³-hybridized carbons (Fsp3) is 0.467. The van der Waals surface area contributed by atoms with Gasteiger partial charge in [-0.2, -0.15) is 0 Å². The highest BCUT2D eigenvalue weighted by atomic mass is 16.5. The summed E-state index contributed by atoms with van der Waals surface area (Å²) in [6, 6.07) is 3.45. The van der Waals surface area contributed by atoms with Crippen LogP contribution in [0.2, 0.25) is 0 Å². The van der Waals surface area contributed by atoms with Gasteiger partial charge >= 0.3 is 11.9 Å². The first-order chi connectivity index (χ1) is 9.53. The van der Waals surface area contributed by atoms with Crippen molar-refractivity contribution in [2.45, 2.75) is 39.5 Å². The Morgan fingerprint density at radius 1 is 1.05 bits per heavy atom. The third kappa shape index (κ3) is 3.98. The highest BCUT2D eigenvalue weighted by molar-refractivity contribution is 5.78. The van der Waals surface area contributed by atoms with Crippen LogP contribution in [0.15, 0.2) is 12.1 Å². The molecule has 0 fully saturated rings. The first kappa shape index (κ1) is 16.0. The zero-order chi connectivity index (χ0) is 15.1. The highest BCUT2D eigenvalue weighted by Crippen LogP contribution is 2.31. The summed E-state index contributed by atoms with van der Waals surface area (Å²) >= 11 is 0. The van der Waals surface area contributed by atoms with E-state index in [1.165, 1.54) is 0 Å². The minimum Gasteiger partial charge on any atom is -0.496 e. The normalized spacial score (nSPS) is 10.2. The molecule has 5 nitrogen and oxygen atoms in total. The van der Waals surface area contributed by atoms with E-state index in [1.807, 2.05) is 13.8 Å². The molecule has 0 bridgehead atoms. The molecule has 1 aromatic rings. The molecule has 0 aromatic heterocycles. The van der Waals surface area contributed by atoms with Gasteiger partial charge in [0.1, 0.15) is 11.5 Å². The minimum absolute atomic E-state index is 0.133. The van der Waals surface area contributed by atoms with Crippen LogP contribution >= 0.6 is 0 Å². The van der Waals surface area contributed by atoms with Gasteiger partial charge in [-0.25, -0.2) is 0 Å². The SMILES string of the molecule is CCc1c(OC)ccc(OC(=O)CCC(=O)O)c1CC. The third-order valence-electron chi connectivity index (χ3n) is 3.04. The summed E-state index contributed by atoms with van der Waals surface area (Å²) in [4.78, 5) is 22.1. The molecule has 0 heterocycles. The molecule has 0 saturated heterocycles. The van der Waals surface area contributed by atoms with Crippen LogP contribution in [0.3, 0.4) is 0 Å². The standard InChI is InChI=1S/C15H20O5/c1-4-10-11(5-2)13(7-6-12(10)19-3)20-15(18)9-8-14(16)17/h6-7H,4-5,8-9H2,1-3H3,(H,16,17). The Labute approximate surface area is 118 Å². The largest absolute Gasteiger partial charge is 0.496 e. The molecule has 0 amide bonds. The zero-order valence-corrected chi connectivity index (χ0v) is 12.1. The second-order valence-electron chi connectivity index (χ2n) is 4.30. The first-order valence-electron chi connectivity index (χ1n) is 6.64. The van der Waals surface area contributed by atoms with Gasteiger partial charge in [0.25, 0.3) is 0 Å². The Balaban J connectivity index is 2.95. The molecule has 0 saturated carbocycles. The summed E-state index contributed by atoms with van der Waals surface area (Å²) in [7, 11) is 1.60. The highest BCUT2D eigenvalue weighted by Gasteiger charge is 2.15. The van der Waals surface area contributed by atoms with Gasteiger partial charge in [-0.3, -0.25) is 9.59 Å². The molecule has 0 aliphatic heterocycles. The van der Waals surface area contributed by atoms with Crippen molar-refractivity contribution in [1.82, 2.24) is 0 Å². The number of methoxy groups -OCH3 is 1. The molecule has 1 aromatic carbocycles. The fourth-order valence-corrected chi connectivity index (χ4v) is 2.09. The van der Waals surface area contributed by atoms with Gasteiger partial charge in [0.2, 0.25) is 0 Å². The van der Waals surface area contributed by atoms with Gasteiger partial charge in [-0.05, 0) is 25.0 Å². The molecule has 5 heteroatoms. The molecule has 0 atom stereocenters. The number of carbonyl (C=O) groups excluding carboxylic acids is 1. The molecule has 1 N–H and O–H groups in total. The molecule has 0 spiro atoms. The topological polar surface area (TPSA) is 72.8 Å². The van der Waals surface area contributed by atoms with E-state index in [1.54, 1.807) is 19.2 Å². The minimum atomic E-state index is -1.01. The van der Waals surface area contributed by atoms with Crippen LogP contribution < -0.4 is 9.47 Å². The predicted molar refractivity (Wildman–Crippen MR) is 74.3 cm³/mol. The lowest BCUT2D eigenvalue weighted by atomic mass is 10.0. The number of carboxylic acids is 1. The van der Waals surface area contributed by atoms with Crippen molar-refractivity contribution in [3.05, 3.63) is 23.3 Å². The predicted octanol–water partition coefficient (Wildman–Crippen LogP) is 2.59. The van der Waals surface area contributed by atoms with Gasteiger partial charge in [0.05, 0.1) is 20.0 Å². The molecule has 0 radical (unpaired) electrons. The van der Waals surface area contributed by atoms with Crippen molar-refractivity contribution >= 4 is 11.9 Å². The average Bonchev–Trinajstić information content (AvgIpc) is 2.44. The van der Waals surface area contributed by atoms with Crippen molar-refractivity contribution in [2.75, 3.05) is 7.11 Å². The summed E-state index contributed by atoms with van der Waals surface area (Å²) in [5.74, 6) is -0.286. The lowest BCUT2D eigenvalue weighted by molar-refractivity contribution is -0.142. The Morgan fingerprint density at radius 2 is 1.60 bits per heavy atom. The fourth-order valence-electron chi connectivity index (χ4n) is 2.09. The van der Waals surface area contributed by atoms with Crippen molar-refractivity contribution in [1.29, 1.82) is 0 Å². The first-order valence-corrected chi connectivity index (χ1v) is 6.64. The molecule has 0 aliphatic rings. The summed E-state index contributed by atoms with van der Waals surface area (Å²) in [5, 5.41) is 8.56. The van der Waals surface area contributed by atoms with E-state index >= 15 is 0 Å². The summed E-state index contributed by atoms with van der Waals surface area (Å²) in [6.07, 6.45) is 1.12. The van der Waals surface area contributed by atoms with E-state index in [9.17, 15) is 9.59 Å². The molecular weight excluding hydrogens is 260 g/mol. The van der Waals surface area contributed by atoms with E-state index in [-0.39, 0.29) is 12.8 Å². The summed E-state index contributed by atoms with van der Waals surface area (Å²) in [6.45, 7) is 3.98. The number of hydrogen-bond donors (Lipinski definition) is 1. The van der Waals surface area contributed by atoms with Crippen molar-refractivity contribution in [3.63, 3.8) is 0 Å². The molecule has 110 valence electrons.